The summed E-state index contributed by atoms with van der Waals surface area (Å²) in [5.74, 6) is 1.30. The molecule has 2 aromatic rings. The third-order valence-corrected chi connectivity index (χ3v) is 2.84. The number of anilines is 1. The molecule has 0 aliphatic rings. The van der Waals surface area contributed by atoms with Crippen LogP contribution in [0.15, 0.2) is 47.6 Å². The van der Waals surface area contributed by atoms with Crippen molar-refractivity contribution in [3.63, 3.8) is 0 Å². The lowest BCUT2D eigenvalue weighted by molar-refractivity contribution is -0.384. The first-order chi connectivity index (χ1) is 10.6. The van der Waals surface area contributed by atoms with E-state index >= 15 is 0 Å². The number of rotatable bonds is 6. The highest BCUT2D eigenvalue weighted by molar-refractivity contribution is 5.81. The number of hydrogen-bond donors (Lipinski definition) is 1. The molecular weight excluding hydrogens is 286 g/mol. The average Bonchev–Trinajstić information content (AvgIpc) is 2.54. The van der Waals surface area contributed by atoms with Crippen LogP contribution in [0.25, 0.3) is 0 Å². The number of non-ortho nitro benzene ring substituents is 1. The van der Waals surface area contributed by atoms with Gasteiger partial charge in [-0.2, -0.15) is 5.10 Å². The van der Waals surface area contributed by atoms with Crippen LogP contribution < -0.4 is 14.9 Å². The summed E-state index contributed by atoms with van der Waals surface area (Å²) in [7, 11) is 3.13. The van der Waals surface area contributed by atoms with Crippen molar-refractivity contribution in [2.75, 3.05) is 19.6 Å². The standard InChI is InChI=1S/C15H15N3O4/c1-21-14-6-11(7-15(9-14)22-2)10-16-17-12-4-3-5-13(8-12)18(19)20/h3-10,17H,1-2H3/b16-10+. The molecule has 0 aliphatic carbocycles. The van der Waals surface area contributed by atoms with Gasteiger partial charge in [0.1, 0.15) is 11.5 Å². The van der Waals surface area contributed by atoms with Crippen molar-refractivity contribution in [3.8, 4) is 11.5 Å². The van der Waals surface area contributed by atoms with Crippen LogP contribution in [0.4, 0.5) is 11.4 Å². The Labute approximate surface area is 127 Å². The van der Waals surface area contributed by atoms with E-state index < -0.39 is 4.92 Å². The molecule has 2 aromatic carbocycles. The molecule has 114 valence electrons. The summed E-state index contributed by atoms with van der Waals surface area (Å²) < 4.78 is 10.3. The Kier molecular flexibility index (Phi) is 4.92. The number of benzene rings is 2. The smallest absolute Gasteiger partial charge is 0.271 e. The summed E-state index contributed by atoms with van der Waals surface area (Å²) in [5.41, 5.74) is 4.05. The molecule has 0 saturated heterocycles. The van der Waals surface area contributed by atoms with E-state index in [1.807, 2.05) is 0 Å². The Morgan fingerprint density at radius 3 is 2.41 bits per heavy atom. The van der Waals surface area contributed by atoms with Crippen LogP contribution >= 0.6 is 0 Å². The van der Waals surface area contributed by atoms with Gasteiger partial charge >= 0.3 is 0 Å². The molecule has 2 rings (SSSR count). The van der Waals surface area contributed by atoms with Crippen molar-refractivity contribution >= 4 is 17.6 Å². The van der Waals surface area contributed by atoms with Crippen LogP contribution in [0.3, 0.4) is 0 Å². The number of nitrogens with one attached hydrogen (secondary N) is 1. The number of hydrazone groups is 1. The SMILES string of the molecule is COc1cc(/C=N/Nc2cccc([N+](=O)[O-])c2)cc(OC)c1. The van der Waals surface area contributed by atoms with Crippen molar-refractivity contribution in [1.29, 1.82) is 0 Å². The number of methoxy groups -OCH3 is 2. The highest BCUT2D eigenvalue weighted by Gasteiger charge is 2.04. The first-order valence-corrected chi connectivity index (χ1v) is 6.39. The molecule has 22 heavy (non-hydrogen) atoms. The lowest BCUT2D eigenvalue weighted by Gasteiger charge is -2.05. The quantitative estimate of drug-likeness (QED) is 0.503. The largest absolute Gasteiger partial charge is 0.497 e. The monoisotopic (exact) mass is 301 g/mol. The van der Waals surface area contributed by atoms with E-state index in [1.54, 1.807) is 50.8 Å². The van der Waals surface area contributed by atoms with Crippen LogP contribution in [0.1, 0.15) is 5.56 Å². The highest BCUT2D eigenvalue weighted by atomic mass is 16.6. The molecule has 0 unspecified atom stereocenters. The lowest BCUT2D eigenvalue weighted by atomic mass is 10.2. The molecule has 0 atom stereocenters. The number of hydrogen-bond acceptors (Lipinski definition) is 6. The summed E-state index contributed by atoms with van der Waals surface area (Å²) in [4.78, 5) is 10.2. The Morgan fingerprint density at radius 1 is 1.14 bits per heavy atom. The highest BCUT2D eigenvalue weighted by Crippen LogP contribution is 2.21. The second-order valence-corrected chi connectivity index (χ2v) is 4.32. The van der Waals surface area contributed by atoms with Crippen molar-refractivity contribution in [3.05, 3.63) is 58.1 Å². The zero-order chi connectivity index (χ0) is 15.9. The van der Waals surface area contributed by atoms with Gasteiger partial charge in [-0.1, -0.05) is 6.07 Å². The molecule has 0 bridgehead atoms. The first-order valence-electron chi connectivity index (χ1n) is 6.39. The maximum absolute atomic E-state index is 10.7. The number of ether oxygens (including phenoxy) is 2. The maximum Gasteiger partial charge on any atom is 0.271 e. The molecule has 0 fully saturated rings. The normalized spacial score (nSPS) is 10.5. The van der Waals surface area contributed by atoms with Crippen molar-refractivity contribution in [2.24, 2.45) is 5.10 Å². The molecule has 0 heterocycles. The van der Waals surface area contributed by atoms with Gasteiger partial charge in [0.2, 0.25) is 0 Å². The maximum atomic E-state index is 10.7. The molecule has 0 radical (unpaired) electrons. The van der Waals surface area contributed by atoms with E-state index in [2.05, 4.69) is 10.5 Å². The van der Waals surface area contributed by atoms with Crippen LogP contribution in [0, 0.1) is 10.1 Å². The average molecular weight is 301 g/mol. The predicted octanol–water partition coefficient (Wildman–Crippen LogP) is 3.06. The van der Waals surface area contributed by atoms with Gasteiger partial charge in [0.15, 0.2) is 0 Å². The first kappa shape index (κ1) is 15.3. The lowest BCUT2D eigenvalue weighted by Crippen LogP contribution is -1.94. The third kappa shape index (κ3) is 3.95. The minimum Gasteiger partial charge on any atom is -0.497 e. The Hall–Kier alpha value is -3.09. The zero-order valence-electron chi connectivity index (χ0n) is 12.1. The van der Waals surface area contributed by atoms with Gasteiger partial charge in [-0.25, -0.2) is 0 Å². The van der Waals surface area contributed by atoms with Gasteiger partial charge in [0.05, 0.1) is 31.0 Å². The fourth-order valence-electron chi connectivity index (χ4n) is 1.77. The van der Waals surface area contributed by atoms with Crippen LogP contribution in [-0.2, 0) is 0 Å². The second-order valence-electron chi connectivity index (χ2n) is 4.32. The second kappa shape index (κ2) is 7.07. The summed E-state index contributed by atoms with van der Waals surface area (Å²) in [6.45, 7) is 0. The van der Waals surface area contributed by atoms with Crippen LogP contribution in [0.2, 0.25) is 0 Å². The van der Waals surface area contributed by atoms with E-state index in [0.29, 0.717) is 17.2 Å². The molecular formula is C15H15N3O4. The molecule has 0 aromatic heterocycles. The van der Waals surface area contributed by atoms with Gasteiger partial charge in [-0.15, -0.1) is 0 Å². The molecule has 7 heteroatoms. The molecule has 0 saturated carbocycles. The van der Waals surface area contributed by atoms with E-state index in [4.69, 9.17) is 9.47 Å². The van der Waals surface area contributed by atoms with Crippen LogP contribution in [-0.4, -0.2) is 25.4 Å². The van der Waals surface area contributed by atoms with Gasteiger partial charge in [-0.05, 0) is 18.2 Å². The van der Waals surface area contributed by atoms with E-state index in [1.165, 1.54) is 12.1 Å². The topological polar surface area (TPSA) is 86.0 Å². The fourth-order valence-corrected chi connectivity index (χ4v) is 1.77. The zero-order valence-corrected chi connectivity index (χ0v) is 12.1. The minimum absolute atomic E-state index is 0.00301. The van der Waals surface area contributed by atoms with Crippen LogP contribution in [0.5, 0.6) is 11.5 Å². The predicted molar refractivity (Wildman–Crippen MR) is 83.9 cm³/mol. The molecule has 0 spiro atoms. The van der Waals surface area contributed by atoms with Crippen molar-refractivity contribution in [2.45, 2.75) is 0 Å². The van der Waals surface area contributed by atoms with Crippen molar-refractivity contribution < 1.29 is 14.4 Å². The third-order valence-electron chi connectivity index (χ3n) is 2.84. The van der Waals surface area contributed by atoms with Gasteiger partial charge in [0.25, 0.3) is 5.69 Å². The van der Waals surface area contributed by atoms with E-state index in [9.17, 15) is 10.1 Å². The minimum atomic E-state index is -0.457. The fraction of sp³-hybridized carbons (Fsp3) is 0.133. The van der Waals surface area contributed by atoms with Gasteiger partial charge in [0, 0.05) is 23.8 Å². The molecule has 7 nitrogen and oxygen atoms in total. The molecule has 1 N–H and O–H groups in total. The van der Waals surface area contributed by atoms with E-state index in [0.717, 1.165) is 5.56 Å². The summed E-state index contributed by atoms with van der Waals surface area (Å²) in [6, 6.07) is 11.4. The summed E-state index contributed by atoms with van der Waals surface area (Å²) in [5, 5.41) is 14.8. The Morgan fingerprint density at radius 2 is 1.82 bits per heavy atom. The molecule has 0 aliphatic heterocycles. The van der Waals surface area contributed by atoms with Gasteiger partial charge in [-0.3, -0.25) is 15.5 Å². The molecule has 0 amide bonds. The number of nitrogens with zero attached hydrogens (tertiary/aromatic N) is 2. The van der Waals surface area contributed by atoms with E-state index in [-0.39, 0.29) is 5.69 Å². The summed E-state index contributed by atoms with van der Waals surface area (Å²) >= 11 is 0. The van der Waals surface area contributed by atoms with Crippen molar-refractivity contribution in [1.82, 2.24) is 0 Å². The number of nitro benzene ring substituents is 1. The Balaban J connectivity index is 2.12. The number of nitro groups is 1. The summed E-state index contributed by atoms with van der Waals surface area (Å²) in [6.07, 6.45) is 1.57. The van der Waals surface area contributed by atoms with Gasteiger partial charge < -0.3 is 9.47 Å². The Bertz CT molecular complexity index is 679.